The van der Waals surface area contributed by atoms with Crippen molar-refractivity contribution >= 4 is 43.6 Å². The Morgan fingerprint density at radius 3 is 1.83 bits per heavy atom. The van der Waals surface area contributed by atoms with Crippen LogP contribution in [0.5, 0.6) is 5.75 Å². The van der Waals surface area contributed by atoms with Crippen LogP contribution in [0.25, 0.3) is 77.2 Å². The maximum absolute atomic E-state index is 6.24. The van der Waals surface area contributed by atoms with Crippen LogP contribution in [-0.2, 0) is 6.61 Å². The Morgan fingerprint density at radius 2 is 1.02 bits per heavy atom. The monoisotopic (exact) mass is 588 g/mol. The molecule has 2 aromatic heterocycles. The lowest BCUT2D eigenvalue weighted by atomic mass is 9.89. The molecule has 9 aromatic rings. The second-order valence-electron chi connectivity index (χ2n) is 12.1. The molecule has 3 nitrogen and oxygen atoms in total. The van der Waals surface area contributed by atoms with Crippen LogP contribution in [0.2, 0.25) is 0 Å². The summed E-state index contributed by atoms with van der Waals surface area (Å²) in [6, 6.07) is 57.0. The van der Waals surface area contributed by atoms with Gasteiger partial charge in [-0.3, -0.25) is 0 Å². The number of ether oxygens (including phenoxy) is 1. The third-order valence-electron chi connectivity index (χ3n) is 9.61. The average Bonchev–Trinajstić information content (AvgIpc) is 3.63. The maximum atomic E-state index is 6.24. The fourth-order valence-corrected chi connectivity index (χ4v) is 7.58. The minimum absolute atomic E-state index is 0.599. The van der Waals surface area contributed by atoms with Crippen LogP contribution in [0.15, 0.2) is 158 Å². The first-order valence-corrected chi connectivity index (χ1v) is 15.8. The minimum Gasteiger partial charge on any atom is -0.488 e. The van der Waals surface area contributed by atoms with Crippen LogP contribution >= 0.6 is 0 Å². The maximum Gasteiger partial charge on any atom is 0.128 e. The van der Waals surface area contributed by atoms with E-state index in [9.17, 15) is 0 Å². The van der Waals surface area contributed by atoms with Gasteiger partial charge in [-0.15, -0.1) is 0 Å². The van der Waals surface area contributed by atoms with E-state index in [-0.39, 0.29) is 0 Å². The second-order valence-corrected chi connectivity index (χ2v) is 12.1. The molecular weight excluding hydrogens is 560 g/mol. The molecular formula is C43H28N2O. The molecule has 0 bridgehead atoms. The van der Waals surface area contributed by atoms with Gasteiger partial charge in [-0.25, -0.2) is 0 Å². The molecule has 3 heterocycles. The van der Waals surface area contributed by atoms with Gasteiger partial charge >= 0.3 is 0 Å². The van der Waals surface area contributed by atoms with Gasteiger partial charge in [-0.1, -0.05) is 109 Å². The third kappa shape index (κ3) is 3.60. The van der Waals surface area contributed by atoms with Crippen molar-refractivity contribution in [2.24, 2.45) is 0 Å². The third-order valence-corrected chi connectivity index (χ3v) is 9.61. The van der Waals surface area contributed by atoms with Crippen molar-refractivity contribution in [3.8, 4) is 39.4 Å². The molecule has 0 radical (unpaired) electrons. The minimum atomic E-state index is 0.599. The van der Waals surface area contributed by atoms with Gasteiger partial charge in [-0.05, 0) is 70.8 Å². The zero-order chi connectivity index (χ0) is 30.2. The molecule has 0 amide bonds. The molecule has 7 aromatic carbocycles. The molecule has 1 aliphatic rings. The highest BCUT2D eigenvalue weighted by atomic mass is 16.5. The van der Waals surface area contributed by atoms with Crippen LogP contribution in [0.3, 0.4) is 0 Å². The molecule has 3 heteroatoms. The lowest BCUT2D eigenvalue weighted by Gasteiger charge is -2.23. The van der Waals surface area contributed by atoms with E-state index in [0.29, 0.717) is 6.61 Å². The van der Waals surface area contributed by atoms with Crippen molar-refractivity contribution in [3.63, 3.8) is 0 Å². The number of fused-ring (bicyclic) bond motifs is 9. The summed E-state index contributed by atoms with van der Waals surface area (Å²) in [6.07, 6.45) is 0. The molecule has 0 saturated carbocycles. The topological polar surface area (TPSA) is 19.1 Å². The Kier molecular flexibility index (Phi) is 5.34. The van der Waals surface area contributed by atoms with Gasteiger partial charge in [0.05, 0.1) is 22.1 Å². The number of aromatic nitrogens is 2. The SMILES string of the molecule is c1ccc(-n2c3cc(-c4cccc5c4-c4ccccc4CO5)ccc3c3ccc(-n4c5ccccc5c5ccccc54)cc32)cc1. The van der Waals surface area contributed by atoms with E-state index in [1.807, 2.05) is 0 Å². The first-order valence-electron chi connectivity index (χ1n) is 15.8. The summed E-state index contributed by atoms with van der Waals surface area (Å²) < 4.78 is 11.1. The van der Waals surface area contributed by atoms with Gasteiger partial charge in [0.25, 0.3) is 0 Å². The first kappa shape index (κ1) is 25.3. The molecule has 10 rings (SSSR count). The Bertz CT molecular complexity index is 2590. The number of hydrogen-bond acceptors (Lipinski definition) is 1. The summed E-state index contributed by atoms with van der Waals surface area (Å²) in [4.78, 5) is 0. The molecule has 0 N–H and O–H groups in total. The summed E-state index contributed by atoms with van der Waals surface area (Å²) in [7, 11) is 0. The predicted molar refractivity (Wildman–Crippen MR) is 190 cm³/mol. The number of hydrogen-bond donors (Lipinski definition) is 0. The van der Waals surface area contributed by atoms with Crippen molar-refractivity contribution < 1.29 is 4.74 Å². The standard InChI is InChI=1S/C43H28N2O/c1-2-12-30(13-3-1)44-40-25-28(32-17-10-20-42-43(32)33-14-5-4-11-29(33)27-46-42)21-23-36(40)37-24-22-31(26-41(37)44)45-38-18-8-6-15-34(38)35-16-7-9-19-39(35)45/h1-26H,27H2. The molecule has 46 heavy (non-hydrogen) atoms. The average molecular weight is 589 g/mol. The van der Waals surface area contributed by atoms with E-state index in [2.05, 4.69) is 167 Å². The first-order chi connectivity index (χ1) is 22.8. The largest absolute Gasteiger partial charge is 0.488 e. The van der Waals surface area contributed by atoms with Crippen LogP contribution < -0.4 is 4.74 Å². The number of nitrogens with zero attached hydrogens (tertiary/aromatic N) is 2. The Hall–Kier alpha value is -6.06. The van der Waals surface area contributed by atoms with Crippen LogP contribution in [0, 0.1) is 0 Å². The smallest absolute Gasteiger partial charge is 0.128 e. The Morgan fingerprint density at radius 1 is 0.413 bits per heavy atom. The zero-order valence-electron chi connectivity index (χ0n) is 25.0. The van der Waals surface area contributed by atoms with Gasteiger partial charge in [0, 0.05) is 38.5 Å². The molecule has 0 spiro atoms. The molecule has 0 aliphatic carbocycles. The summed E-state index contributed by atoms with van der Waals surface area (Å²) in [5.74, 6) is 0.940. The van der Waals surface area contributed by atoms with Crippen molar-refractivity contribution in [2.75, 3.05) is 0 Å². The predicted octanol–water partition coefficient (Wildman–Crippen LogP) is 11.1. The molecule has 216 valence electrons. The highest BCUT2D eigenvalue weighted by Gasteiger charge is 2.22. The fourth-order valence-electron chi connectivity index (χ4n) is 7.58. The van der Waals surface area contributed by atoms with E-state index in [1.54, 1.807) is 0 Å². The van der Waals surface area contributed by atoms with Crippen molar-refractivity contribution in [1.82, 2.24) is 9.13 Å². The summed E-state index contributed by atoms with van der Waals surface area (Å²) in [6.45, 7) is 0.599. The van der Waals surface area contributed by atoms with Crippen molar-refractivity contribution in [2.45, 2.75) is 6.61 Å². The van der Waals surface area contributed by atoms with Gasteiger partial charge < -0.3 is 13.9 Å². The zero-order valence-corrected chi connectivity index (χ0v) is 25.0. The highest BCUT2D eigenvalue weighted by molar-refractivity contribution is 6.12. The summed E-state index contributed by atoms with van der Waals surface area (Å²) in [5, 5.41) is 5.00. The summed E-state index contributed by atoms with van der Waals surface area (Å²) in [5.41, 5.74) is 13.1. The molecule has 0 unspecified atom stereocenters. The normalized spacial score (nSPS) is 12.4. The number of rotatable bonds is 3. The Labute approximate surface area is 266 Å². The van der Waals surface area contributed by atoms with Crippen LogP contribution in [0.1, 0.15) is 5.56 Å². The lowest BCUT2D eigenvalue weighted by Crippen LogP contribution is -2.06. The molecule has 0 saturated heterocycles. The van der Waals surface area contributed by atoms with E-state index >= 15 is 0 Å². The summed E-state index contributed by atoms with van der Waals surface area (Å²) >= 11 is 0. The van der Waals surface area contributed by atoms with E-state index < -0.39 is 0 Å². The van der Waals surface area contributed by atoms with Gasteiger partial charge in [0.15, 0.2) is 0 Å². The Balaban J connectivity index is 1.25. The molecule has 0 fully saturated rings. The van der Waals surface area contributed by atoms with Crippen LogP contribution in [-0.4, -0.2) is 9.13 Å². The lowest BCUT2D eigenvalue weighted by molar-refractivity contribution is 0.302. The van der Waals surface area contributed by atoms with E-state index in [4.69, 9.17) is 4.74 Å². The van der Waals surface area contributed by atoms with Gasteiger partial charge in [0.1, 0.15) is 12.4 Å². The van der Waals surface area contributed by atoms with Crippen LogP contribution in [0.4, 0.5) is 0 Å². The molecule has 0 atom stereocenters. The number of para-hydroxylation sites is 3. The van der Waals surface area contributed by atoms with Crippen molar-refractivity contribution in [3.05, 3.63) is 163 Å². The van der Waals surface area contributed by atoms with Gasteiger partial charge in [-0.2, -0.15) is 0 Å². The highest BCUT2D eigenvalue weighted by Crippen LogP contribution is 2.45. The second kappa shape index (κ2) is 9.72. The van der Waals surface area contributed by atoms with Crippen molar-refractivity contribution in [1.29, 1.82) is 0 Å². The van der Waals surface area contributed by atoms with E-state index in [1.165, 1.54) is 71.4 Å². The number of benzene rings is 7. The van der Waals surface area contributed by atoms with Gasteiger partial charge in [0.2, 0.25) is 0 Å². The molecule has 1 aliphatic heterocycles. The fraction of sp³-hybridized carbons (Fsp3) is 0.0233. The quantitative estimate of drug-likeness (QED) is 0.201. The van der Waals surface area contributed by atoms with E-state index in [0.717, 1.165) is 17.1 Å².